The Kier molecular flexibility index (Phi) is 7.01. The van der Waals surface area contributed by atoms with Gasteiger partial charge in [0.05, 0.1) is 18.2 Å². The molecule has 2 aromatic carbocycles. The smallest absolute Gasteiger partial charge is 0.258 e. The van der Waals surface area contributed by atoms with Gasteiger partial charge in [-0.1, -0.05) is 37.3 Å². The number of carbonyl (C=O) groups excluding carboxylic acids is 2. The molecule has 1 N–H and O–H groups in total. The van der Waals surface area contributed by atoms with Gasteiger partial charge in [0.25, 0.3) is 5.91 Å². The van der Waals surface area contributed by atoms with Gasteiger partial charge < -0.3 is 14.8 Å². The monoisotopic (exact) mass is 341 g/mol. The van der Waals surface area contributed by atoms with Crippen LogP contribution in [0.3, 0.4) is 0 Å². The van der Waals surface area contributed by atoms with Crippen LogP contribution in [0.25, 0.3) is 0 Å². The lowest BCUT2D eigenvalue weighted by atomic mass is 10.1. The van der Waals surface area contributed by atoms with E-state index in [-0.39, 0.29) is 18.6 Å². The van der Waals surface area contributed by atoms with E-state index in [1.54, 1.807) is 18.2 Å². The third-order valence-electron chi connectivity index (χ3n) is 3.62. The van der Waals surface area contributed by atoms with Crippen LogP contribution in [0.2, 0.25) is 0 Å². The van der Waals surface area contributed by atoms with Crippen molar-refractivity contribution in [3.05, 3.63) is 59.7 Å². The summed E-state index contributed by atoms with van der Waals surface area (Å²) in [4.78, 5) is 23.2. The second-order valence-electron chi connectivity index (χ2n) is 5.65. The fourth-order valence-corrected chi connectivity index (χ4v) is 2.30. The van der Waals surface area contributed by atoms with Crippen LogP contribution in [0.1, 0.15) is 42.2 Å². The largest absolute Gasteiger partial charge is 0.493 e. The van der Waals surface area contributed by atoms with Gasteiger partial charge in [0.2, 0.25) is 0 Å². The molecule has 0 heterocycles. The van der Waals surface area contributed by atoms with Crippen molar-refractivity contribution >= 4 is 12.2 Å². The van der Waals surface area contributed by atoms with E-state index in [9.17, 15) is 9.59 Å². The SMILES string of the molecule is CCCOc1ccc(C=O)c(OCC(=O)N[C@H](C)c2ccccc2)c1. The molecule has 0 unspecified atom stereocenters. The van der Waals surface area contributed by atoms with Gasteiger partial charge in [-0.2, -0.15) is 0 Å². The van der Waals surface area contributed by atoms with Crippen molar-refractivity contribution in [2.24, 2.45) is 0 Å². The van der Waals surface area contributed by atoms with Crippen LogP contribution in [0.4, 0.5) is 0 Å². The van der Waals surface area contributed by atoms with Crippen LogP contribution in [-0.2, 0) is 4.79 Å². The Labute approximate surface area is 148 Å². The first kappa shape index (κ1) is 18.5. The molecule has 0 spiro atoms. The van der Waals surface area contributed by atoms with Crippen molar-refractivity contribution in [1.29, 1.82) is 0 Å². The average molecular weight is 341 g/mol. The molecular weight excluding hydrogens is 318 g/mol. The van der Waals surface area contributed by atoms with Gasteiger partial charge in [-0.3, -0.25) is 9.59 Å². The van der Waals surface area contributed by atoms with Crippen molar-refractivity contribution in [1.82, 2.24) is 5.32 Å². The van der Waals surface area contributed by atoms with Gasteiger partial charge in [0.15, 0.2) is 12.9 Å². The Morgan fingerprint density at radius 2 is 1.92 bits per heavy atom. The molecule has 1 amide bonds. The standard InChI is InChI=1S/C20H23NO4/c1-3-11-24-18-10-9-17(13-22)19(12-18)25-14-20(23)21-15(2)16-7-5-4-6-8-16/h4-10,12-13,15H,3,11,14H2,1-2H3,(H,21,23)/t15-/m1/s1. The van der Waals surface area contributed by atoms with Crippen LogP contribution in [-0.4, -0.2) is 25.4 Å². The second-order valence-corrected chi connectivity index (χ2v) is 5.65. The number of hydrogen-bond donors (Lipinski definition) is 1. The number of carbonyl (C=O) groups is 2. The highest BCUT2D eigenvalue weighted by atomic mass is 16.5. The molecule has 0 bridgehead atoms. The Hall–Kier alpha value is -2.82. The van der Waals surface area contributed by atoms with E-state index in [0.717, 1.165) is 12.0 Å². The van der Waals surface area contributed by atoms with Gasteiger partial charge in [-0.15, -0.1) is 0 Å². The molecule has 0 aromatic heterocycles. The highest BCUT2D eigenvalue weighted by Crippen LogP contribution is 2.24. The molecule has 1 atom stereocenters. The summed E-state index contributed by atoms with van der Waals surface area (Å²) >= 11 is 0. The molecule has 25 heavy (non-hydrogen) atoms. The first-order chi connectivity index (χ1) is 12.1. The highest BCUT2D eigenvalue weighted by molar-refractivity contribution is 5.81. The fraction of sp³-hybridized carbons (Fsp3) is 0.300. The Bertz CT molecular complexity index is 700. The zero-order chi connectivity index (χ0) is 18.1. The number of nitrogens with one attached hydrogen (secondary N) is 1. The van der Waals surface area contributed by atoms with Gasteiger partial charge in [0.1, 0.15) is 11.5 Å². The summed E-state index contributed by atoms with van der Waals surface area (Å²) in [6.45, 7) is 4.32. The molecule has 5 heteroatoms. The van der Waals surface area contributed by atoms with Crippen molar-refractivity contribution in [2.45, 2.75) is 26.3 Å². The predicted octanol–water partition coefficient (Wildman–Crippen LogP) is 3.54. The van der Waals surface area contributed by atoms with E-state index in [2.05, 4.69) is 5.32 Å². The lowest BCUT2D eigenvalue weighted by Crippen LogP contribution is -2.31. The Morgan fingerprint density at radius 3 is 2.60 bits per heavy atom. The Balaban J connectivity index is 1.95. The lowest BCUT2D eigenvalue weighted by molar-refractivity contribution is -0.123. The molecular formula is C20H23NO4. The maximum Gasteiger partial charge on any atom is 0.258 e. The number of rotatable bonds is 9. The third kappa shape index (κ3) is 5.64. The highest BCUT2D eigenvalue weighted by Gasteiger charge is 2.12. The van der Waals surface area contributed by atoms with Gasteiger partial charge in [-0.05, 0) is 31.0 Å². The van der Waals surface area contributed by atoms with Gasteiger partial charge in [-0.25, -0.2) is 0 Å². The normalized spacial score (nSPS) is 11.4. The van der Waals surface area contributed by atoms with Crippen molar-refractivity contribution in [2.75, 3.05) is 13.2 Å². The van der Waals surface area contributed by atoms with E-state index in [1.165, 1.54) is 0 Å². The van der Waals surface area contributed by atoms with Crippen LogP contribution in [0.5, 0.6) is 11.5 Å². The van der Waals surface area contributed by atoms with E-state index in [1.807, 2.05) is 44.2 Å². The van der Waals surface area contributed by atoms with Crippen molar-refractivity contribution in [3.8, 4) is 11.5 Å². The summed E-state index contributed by atoms with van der Waals surface area (Å²) in [5, 5.41) is 2.87. The van der Waals surface area contributed by atoms with Crippen LogP contribution in [0, 0.1) is 0 Å². The number of aldehydes is 1. The maximum absolute atomic E-state index is 12.1. The van der Waals surface area contributed by atoms with Crippen molar-refractivity contribution in [3.63, 3.8) is 0 Å². The van der Waals surface area contributed by atoms with E-state index in [4.69, 9.17) is 9.47 Å². The number of benzene rings is 2. The molecule has 0 aliphatic heterocycles. The molecule has 0 saturated carbocycles. The zero-order valence-corrected chi connectivity index (χ0v) is 14.5. The van der Waals surface area contributed by atoms with Crippen LogP contribution >= 0.6 is 0 Å². The van der Waals surface area contributed by atoms with Crippen molar-refractivity contribution < 1.29 is 19.1 Å². The third-order valence-corrected chi connectivity index (χ3v) is 3.62. The first-order valence-electron chi connectivity index (χ1n) is 8.33. The molecule has 0 radical (unpaired) electrons. The molecule has 0 fully saturated rings. The molecule has 2 aromatic rings. The summed E-state index contributed by atoms with van der Waals surface area (Å²) < 4.78 is 11.1. The van der Waals surface area contributed by atoms with Gasteiger partial charge >= 0.3 is 0 Å². The minimum atomic E-state index is -0.256. The Morgan fingerprint density at radius 1 is 1.16 bits per heavy atom. The number of ether oxygens (including phenoxy) is 2. The lowest BCUT2D eigenvalue weighted by Gasteiger charge is -2.15. The van der Waals surface area contributed by atoms with Gasteiger partial charge in [0, 0.05) is 6.07 Å². The molecule has 132 valence electrons. The second kappa shape index (κ2) is 9.47. The minimum Gasteiger partial charge on any atom is -0.493 e. The number of hydrogen-bond acceptors (Lipinski definition) is 4. The molecule has 0 aliphatic carbocycles. The zero-order valence-electron chi connectivity index (χ0n) is 14.5. The summed E-state index contributed by atoms with van der Waals surface area (Å²) in [7, 11) is 0. The molecule has 0 saturated heterocycles. The quantitative estimate of drug-likeness (QED) is 0.709. The molecule has 2 rings (SSSR count). The fourth-order valence-electron chi connectivity index (χ4n) is 2.30. The number of amides is 1. The average Bonchev–Trinajstić information content (AvgIpc) is 2.65. The topological polar surface area (TPSA) is 64.6 Å². The van der Waals surface area contributed by atoms with Crippen LogP contribution < -0.4 is 14.8 Å². The van der Waals surface area contributed by atoms with E-state index >= 15 is 0 Å². The van der Waals surface area contributed by atoms with E-state index < -0.39 is 0 Å². The first-order valence-corrected chi connectivity index (χ1v) is 8.33. The molecule has 0 aliphatic rings. The summed E-state index contributed by atoms with van der Waals surface area (Å²) in [6, 6.07) is 14.5. The minimum absolute atomic E-state index is 0.123. The summed E-state index contributed by atoms with van der Waals surface area (Å²) in [6.07, 6.45) is 1.58. The van der Waals surface area contributed by atoms with Crippen LogP contribution in [0.15, 0.2) is 48.5 Å². The maximum atomic E-state index is 12.1. The van der Waals surface area contributed by atoms with E-state index in [0.29, 0.717) is 30.0 Å². The predicted molar refractivity (Wildman–Crippen MR) is 96.1 cm³/mol. The summed E-state index contributed by atoms with van der Waals surface area (Å²) in [5.74, 6) is 0.694. The summed E-state index contributed by atoms with van der Waals surface area (Å²) in [5.41, 5.74) is 1.40. The molecule has 5 nitrogen and oxygen atoms in total.